The Labute approximate surface area is 108 Å². The molecule has 0 unspecified atom stereocenters. The zero-order valence-corrected chi connectivity index (χ0v) is 10.4. The van der Waals surface area contributed by atoms with E-state index in [1.54, 1.807) is 0 Å². The third-order valence-corrected chi connectivity index (χ3v) is 3.60. The molecule has 7 nitrogen and oxygen atoms in total. The van der Waals surface area contributed by atoms with Gasteiger partial charge in [0.05, 0.1) is 10.5 Å². The number of aromatic carboxylic acids is 1. The fourth-order valence-electron chi connectivity index (χ4n) is 1.23. The summed E-state index contributed by atoms with van der Waals surface area (Å²) in [6, 6.07) is 2.37. The topological polar surface area (TPSA) is 127 Å². The molecule has 0 aliphatic heterocycles. The van der Waals surface area contributed by atoms with Gasteiger partial charge in [0.15, 0.2) is 0 Å². The molecular formula is C10H11FN2O5S. The number of nitrogens with two attached hydrogens (primary N) is 1. The molecule has 1 amide bonds. The molecule has 0 radical (unpaired) electrons. The molecular weight excluding hydrogens is 279 g/mol. The lowest BCUT2D eigenvalue weighted by Gasteiger charge is -2.07. The first-order valence-corrected chi connectivity index (χ1v) is 6.53. The average molecular weight is 290 g/mol. The number of carboxylic acids is 1. The van der Waals surface area contributed by atoms with Crippen LogP contribution in [0.1, 0.15) is 16.8 Å². The number of hydrogen-bond acceptors (Lipinski definition) is 4. The summed E-state index contributed by atoms with van der Waals surface area (Å²) in [5, 5.41) is 8.69. The van der Waals surface area contributed by atoms with Gasteiger partial charge >= 0.3 is 5.97 Å². The third kappa shape index (κ3) is 4.00. The number of rotatable bonds is 6. The smallest absolute Gasteiger partial charge is 0.338 e. The van der Waals surface area contributed by atoms with Crippen molar-refractivity contribution < 1.29 is 27.5 Å². The van der Waals surface area contributed by atoms with E-state index in [1.165, 1.54) is 0 Å². The Morgan fingerprint density at radius 2 is 2.00 bits per heavy atom. The van der Waals surface area contributed by atoms with E-state index in [0.29, 0.717) is 6.07 Å². The Bertz CT molecular complexity index is 614. The first-order chi connectivity index (χ1) is 8.74. The van der Waals surface area contributed by atoms with Gasteiger partial charge in [0, 0.05) is 13.0 Å². The summed E-state index contributed by atoms with van der Waals surface area (Å²) >= 11 is 0. The van der Waals surface area contributed by atoms with E-state index in [9.17, 15) is 22.4 Å². The molecule has 4 N–H and O–H groups in total. The summed E-state index contributed by atoms with van der Waals surface area (Å²) in [6.07, 6.45) is -0.202. The normalized spacial score (nSPS) is 11.2. The van der Waals surface area contributed by atoms with Gasteiger partial charge in [-0.05, 0) is 18.2 Å². The summed E-state index contributed by atoms with van der Waals surface area (Å²) < 4.78 is 38.6. The maximum atomic E-state index is 13.1. The second-order valence-electron chi connectivity index (χ2n) is 3.56. The van der Waals surface area contributed by atoms with Crippen LogP contribution in [0.4, 0.5) is 4.39 Å². The van der Waals surface area contributed by atoms with Crippen LogP contribution >= 0.6 is 0 Å². The van der Waals surface area contributed by atoms with E-state index in [2.05, 4.69) is 0 Å². The molecule has 1 aromatic carbocycles. The molecule has 0 aromatic heterocycles. The van der Waals surface area contributed by atoms with Crippen molar-refractivity contribution >= 4 is 21.9 Å². The number of primary amides is 1. The summed E-state index contributed by atoms with van der Waals surface area (Å²) in [5.41, 5.74) is 4.09. The van der Waals surface area contributed by atoms with Crippen LogP contribution in [0, 0.1) is 5.82 Å². The van der Waals surface area contributed by atoms with Crippen molar-refractivity contribution in [2.75, 3.05) is 6.54 Å². The maximum absolute atomic E-state index is 13.1. The minimum atomic E-state index is -4.02. The second kappa shape index (κ2) is 5.76. The summed E-state index contributed by atoms with van der Waals surface area (Å²) in [5.74, 6) is -3.30. The Hall–Kier alpha value is -2.00. The van der Waals surface area contributed by atoms with Gasteiger partial charge in [-0.25, -0.2) is 22.3 Å². The Kier molecular flexibility index (Phi) is 4.57. The molecule has 1 rings (SSSR count). The highest BCUT2D eigenvalue weighted by Gasteiger charge is 2.18. The molecule has 0 heterocycles. The number of halogens is 1. The molecule has 1 aromatic rings. The van der Waals surface area contributed by atoms with Gasteiger partial charge in [-0.1, -0.05) is 0 Å². The van der Waals surface area contributed by atoms with Gasteiger partial charge in [0.1, 0.15) is 5.82 Å². The van der Waals surface area contributed by atoms with E-state index < -0.39 is 38.2 Å². The molecule has 19 heavy (non-hydrogen) atoms. The first kappa shape index (κ1) is 15.1. The monoisotopic (exact) mass is 290 g/mol. The van der Waals surface area contributed by atoms with Crippen LogP contribution in [0.25, 0.3) is 0 Å². The van der Waals surface area contributed by atoms with Crippen molar-refractivity contribution in [3.8, 4) is 0 Å². The van der Waals surface area contributed by atoms with Crippen molar-refractivity contribution in [1.29, 1.82) is 0 Å². The van der Waals surface area contributed by atoms with E-state index in [0.717, 1.165) is 12.1 Å². The van der Waals surface area contributed by atoms with E-state index in [-0.39, 0.29) is 13.0 Å². The van der Waals surface area contributed by atoms with Gasteiger partial charge in [-0.3, -0.25) is 4.79 Å². The molecule has 104 valence electrons. The fourth-order valence-corrected chi connectivity index (χ4v) is 2.29. The minimum Gasteiger partial charge on any atom is -0.478 e. The zero-order chi connectivity index (χ0) is 14.6. The number of carboxylic acid groups (broad SMARTS) is 1. The largest absolute Gasteiger partial charge is 0.478 e. The Morgan fingerprint density at radius 3 is 2.53 bits per heavy atom. The fraction of sp³-hybridized carbons (Fsp3) is 0.200. The number of carbonyl (C=O) groups excluding carboxylic acids is 1. The Morgan fingerprint density at radius 1 is 1.37 bits per heavy atom. The van der Waals surface area contributed by atoms with Gasteiger partial charge < -0.3 is 10.8 Å². The third-order valence-electron chi connectivity index (χ3n) is 2.14. The lowest BCUT2D eigenvalue weighted by molar-refractivity contribution is -0.117. The Balaban J connectivity index is 2.99. The highest BCUT2D eigenvalue weighted by molar-refractivity contribution is 7.89. The summed E-state index contributed by atoms with van der Waals surface area (Å²) in [7, 11) is -4.02. The molecule has 0 aliphatic rings. The molecule has 9 heteroatoms. The van der Waals surface area contributed by atoms with Crippen molar-refractivity contribution in [3.63, 3.8) is 0 Å². The molecule has 0 aliphatic carbocycles. The first-order valence-electron chi connectivity index (χ1n) is 5.05. The number of amides is 1. The van der Waals surface area contributed by atoms with Crippen LogP contribution in [0.2, 0.25) is 0 Å². The van der Waals surface area contributed by atoms with E-state index >= 15 is 0 Å². The highest BCUT2D eigenvalue weighted by atomic mass is 32.2. The van der Waals surface area contributed by atoms with Gasteiger partial charge in [-0.15, -0.1) is 0 Å². The van der Waals surface area contributed by atoms with Crippen molar-refractivity contribution in [3.05, 3.63) is 29.6 Å². The predicted octanol–water partition coefficient (Wildman–Crippen LogP) is -0.322. The number of benzene rings is 1. The SMILES string of the molecule is NC(=O)CCNS(=O)(=O)c1ccc(F)c(C(=O)O)c1. The number of nitrogens with one attached hydrogen (secondary N) is 1. The van der Waals surface area contributed by atoms with Gasteiger partial charge in [0.25, 0.3) is 0 Å². The standard InChI is InChI=1S/C10H11FN2O5S/c11-8-2-1-6(5-7(8)10(15)16)19(17,18)13-4-3-9(12)14/h1-2,5,13H,3-4H2,(H2,12,14)(H,15,16). The number of hydrogen-bond donors (Lipinski definition) is 3. The van der Waals surface area contributed by atoms with Gasteiger partial charge in [0.2, 0.25) is 15.9 Å². The average Bonchev–Trinajstić information content (AvgIpc) is 2.27. The van der Waals surface area contributed by atoms with Crippen LogP contribution in [-0.4, -0.2) is 31.9 Å². The lowest BCUT2D eigenvalue weighted by atomic mass is 10.2. The van der Waals surface area contributed by atoms with Crippen LogP contribution in [0.5, 0.6) is 0 Å². The van der Waals surface area contributed by atoms with Crippen LogP contribution in [0.15, 0.2) is 23.1 Å². The highest BCUT2D eigenvalue weighted by Crippen LogP contribution is 2.15. The number of sulfonamides is 1. The molecule has 0 spiro atoms. The molecule has 0 fully saturated rings. The quantitative estimate of drug-likeness (QED) is 0.661. The molecule has 0 atom stereocenters. The molecule has 0 saturated carbocycles. The van der Waals surface area contributed by atoms with Gasteiger partial charge in [-0.2, -0.15) is 0 Å². The van der Waals surface area contributed by atoms with Crippen LogP contribution < -0.4 is 10.5 Å². The maximum Gasteiger partial charge on any atom is 0.338 e. The number of carbonyl (C=O) groups is 2. The van der Waals surface area contributed by atoms with Crippen molar-refractivity contribution in [2.24, 2.45) is 5.73 Å². The molecule has 0 saturated heterocycles. The second-order valence-corrected chi connectivity index (χ2v) is 5.33. The van der Waals surface area contributed by atoms with Crippen LogP contribution in [-0.2, 0) is 14.8 Å². The minimum absolute atomic E-state index is 0.202. The van der Waals surface area contributed by atoms with Crippen molar-refractivity contribution in [2.45, 2.75) is 11.3 Å². The predicted molar refractivity (Wildman–Crippen MR) is 62.4 cm³/mol. The van der Waals surface area contributed by atoms with E-state index in [1.807, 2.05) is 4.72 Å². The summed E-state index contributed by atoms with van der Waals surface area (Å²) in [6.45, 7) is -0.225. The summed E-state index contributed by atoms with van der Waals surface area (Å²) in [4.78, 5) is 20.8. The van der Waals surface area contributed by atoms with E-state index in [4.69, 9.17) is 10.8 Å². The zero-order valence-electron chi connectivity index (χ0n) is 9.59. The van der Waals surface area contributed by atoms with Crippen molar-refractivity contribution in [1.82, 2.24) is 4.72 Å². The molecule has 0 bridgehead atoms. The lowest BCUT2D eigenvalue weighted by Crippen LogP contribution is -2.28. The van der Waals surface area contributed by atoms with Crippen LogP contribution in [0.3, 0.4) is 0 Å².